The Balaban J connectivity index is 0.000000480. The Kier molecular flexibility index (Phi) is 3.64. The van der Waals surface area contributed by atoms with Crippen molar-refractivity contribution < 1.29 is 0 Å². The van der Waals surface area contributed by atoms with E-state index in [1.54, 1.807) is 0 Å². The van der Waals surface area contributed by atoms with Crippen LogP contribution in [0, 0.1) is 5.92 Å². The summed E-state index contributed by atoms with van der Waals surface area (Å²) in [5.41, 5.74) is 2.65. The second-order valence-corrected chi connectivity index (χ2v) is 3.33. The molecule has 1 saturated carbocycles. The minimum atomic E-state index is 0. The monoisotopic (exact) mass is 223 g/mol. The average molecular weight is 224 g/mol. The van der Waals surface area contributed by atoms with E-state index in [-0.39, 0.29) is 32.2 Å². The molecule has 2 unspecified atom stereocenters. The highest BCUT2D eigenvalue weighted by Gasteiger charge is 2.47. The van der Waals surface area contributed by atoms with E-state index >= 15 is 0 Å². The summed E-state index contributed by atoms with van der Waals surface area (Å²) in [5, 5.41) is 4.21. The fourth-order valence-electron chi connectivity index (χ4n) is 2.00. The molecule has 2 aliphatic carbocycles. The van der Waals surface area contributed by atoms with Crippen LogP contribution < -0.4 is 5.84 Å². The van der Waals surface area contributed by atoms with Gasteiger partial charge in [-0.05, 0) is 24.3 Å². The molecule has 5 heteroatoms. The van der Waals surface area contributed by atoms with Crippen molar-refractivity contribution in [3.8, 4) is 0 Å². The predicted octanol–water partition coefficient (Wildman–Crippen LogP) is 1.74. The second kappa shape index (κ2) is 3.76. The third-order valence-corrected chi connectivity index (χ3v) is 2.60. The van der Waals surface area contributed by atoms with Crippen molar-refractivity contribution in [2.24, 2.45) is 5.92 Å². The van der Waals surface area contributed by atoms with E-state index in [0.29, 0.717) is 0 Å². The molecule has 2 atom stereocenters. The van der Waals surface area contributed by atoms with E-state index in [4.69, 9.17) is 5.84 Å². The van der Waals surface area contributed by atoms with Gasteiger partial charge in [-0.1, -0.05) is 7.43 Å². The molecule has 3 rings (SSSR count). The third kappa shape index (κ3) is 1.63. The van der Waals surface area contributed by atoms with Crippen LogP contribution in [0.1, 0.15) is 31.0 Å². The van der Waals surface area contributed by atoms with Crippen LogP contribution in [-0.4, -0.2) is 9.89 Å². The Bertz CT molecular complexity index is 298. The Hall–Kier alpha value is -0.410. The van der Waals surface area contributed by atoms with Crippen LogP contribution in [-0.2, 0) is 6.42 Å². The number of hydrogen-bond acceptors (Lipinski definition) is 2. The summed E-state index contributed by atoms with van der Waals surface area (Å²) >= 11 is 0. The van der Waals surface area contributed by atoms with Gasteiger partial charge in [0.2, 0.25) is 0 Å². The molecule has 13 heavy (non-hydrogen) atoms. The third-order valence-electron chi connectivity index (χ3n) is 2.60. The summed E-state index contributed by atoms with van der Waals surface area (Å²) in [4.78, 5) is 1.44. The van der Waals surface area contributed by atoms with E-state index in [0.717, 1.165) is 11.8 Å². The molecule has 2 aliphatic rings. The van der Waals surface area contributed by atoms with E-state index in [9.17, 15) is 0 Å². The molecular weight excluding hydrogens is 209 g/mol. The van der Waals surface area contributed by atoms with Gasteiger partial charge in [0, 0.05) is 5.92 Å². The van der Waals surface area contributed by atoms with Crippen molar-refractivity contribution in [1.29, 1.82) is 0 Å². The molecule has 2 N–H and O–H groups in total. The lowest BCUT2D eigenvalue weighted by molar-refractivity contribution is 0.773. The summed E-state index contributed by atoms with van der Waals surface area (Å²) in [6, 6.07) is 0. The molecule has 0 aromatic carbocycles. The quantitative estimate of drug-likeness (QED) is 0.682. The van der Waals surface area contributed by atoms with Gasteiger partial charge in [-0.25, -0.2) is 0 Å². The van der Waals surface area contributed by atoms with Crippen molar-refractivity contribution in [3.05, 3.63) is 17.5 Å². The van der Waals surface area contributed by atoms with Gasteiger partial charge in [-0.15, -0.1) is 24.8 Å². The van der Waals surface area contributed by atoms with Gasteiger partial charge < -0.3 is 5.84 Å². The zero-order valence-corrected chi connectivity index (χ0v) is 8.07. The Morgan fingerprint density at radius 2 is 2.15 bits per heavy atom. The summed E-state index contributed by atoms with van der Waals surface area (Å²) in [6.45, 7) is 0. The normalized spacial score (nSPS) is 25.8. The van der Waals surface area contributed by atoms with Crippen molar-refractivity contribution in [2.75, 3.05) is 5.84 Å². The van der Waals surface area contributed by atoms with Crippen LogP contribution in [0.25, 0.3) is 0 Å². The number of nitrogens with zero attached hydrogens (tertiary/aromatic N) is 2. The average Bonchev–Trinajstić information content (AvgIpc) is 2.40. The molecule has 0 saturated heterocycles. The van der Waals surface area contributed by atoms with Crippen LogP contribution in [0.15, 0.2) is 6.20 Å². The highest BCUT2D eigenvalue weighted by atomic mass is 35.5. The van der Waals surface area contributed by atoms with Crippen LogP contribution in [0.3, 0.4) is 0 Å². The van der Waals surface area contributed by atoms with Gasteiger partial charge in [0.1, 0.15) is 0 Å². The maximum Gasteiger partial charge on any atom is 0.0711 e. The van der Waals surface area contributed by atoms with E-state index in [2.05, 4.69) is 5.10 Å². The first kappa shape index (κ1) is 12.6. The molecule has 0 aliphatic heterocycles. The summed E-state index contributed by atoms with van der Waals surface area (Å²) in [6.07, 6.45) is 4.52. The van der Waals surface area contributed by atoms with Gasteiger partial charge in [0.05, 0.1) is 11.9 Å². The smallest absolute Gasteiger partial charge is 0.0711 e. The van der Waals surface area contributed by atoms with Crippen molar-refractivity contribution >= 4 is 24.8 Å². The number of nitrogen functional groups attached to an aromatic ring is 1. The van der Waals surface area contributed by atoms with Crippen LogP contribution in [0.2, 0.25) is 0 Å². The van der Waals surface area contributed by atoms with E-state index in [1.165, 1.54) is 28.9 Å². The first-order valence-electron chi connectivity index (χ1n) is 3.68. The van der Waals surface area contributed by atoms with Gasteiger partial charge >= 0.3 is 0 Å². The Morgan fingerprint density at radius 3 is 2.77 bits per heavy atom. The number of halogens is 2. The van der Waals surface area contributed by atoms with Crippen molar-refractivity contribution in [3.63, 3.8) is 0 Å². The molecule has 3 nitrogen and oxygen atoms in total. The van der Waals surface area contributed by atoms with E-state index in [1.807, 2.05) is 6.20 Å². The van der Waals surface area contributed by atoms with E-state index < -0.39 is 0 Å². The molecule has 0 spiro atoms. The predicted molar refractivity (Wildman–Crippen MR) is 58.2 cm³/mol. The largest absolute Gasteiger partial charge is 0.323 e. The Morgan fingerprint density at radius 1 is 1.46 bits per heavy atom. The maximum absolute atomic E-state index is 5.48. The summed E-state index contributed by atoms with van der Waals surface area (Å²) in [7, 11) is 0. The first-order chi connectivity index (χ1) is 4.84. The van der Waals surface area contributed by atoms with Crippen LogP contribution in [0.5, 0.6) is 0 Å². The SMILES string of the molecule is C.Cl.Cl.Nn1cc2c(n1)C1CC1C2. The molecule has 1 fully saturated rings. The molecule has 0 bridgehead atoms. The van der Waals surface area contributed by atoms with Gasteiger partial charge in [-0.3, -0.25) is 0 Å². The summed E-state index contributed by atoms with van der Waals surface area (Å²) < 4.78 is 0. The maximum atomic E-state index is 5.48. The highest BCUT2D eigenvalue weighted by molar-refractivity contribution is 5.85. The number of nitrogens with two attached hydrogens (primary N) is 1. The Labute approximate surface area is 90.5 Å². The molecule has 1 aromatic heterocycles. The molecule has 0 radical (unpaired) electrons. The number of fused-ring (bicyclic) bond motifs is 3. The van der Waals surface area contributed by atoms with Gasteiger partial charge in [0.15, 0.2) is 0 Å². The minimum Gasteiger partial charge on any atom is -0.323 e. The lowest BCUT2D eigenvalue weighted by Crippen LogP contribution is -2.08. The first-order valence-corrected chi connectivity index (χ1v) is 3.68. The lowest BCUT2D eigenvalue weighted by atomic mass is 10.2. The zero-order chi connectivity index (χ0) is 6.72. The molecule has 1 aromatic rings. The molecule has 76 valence electrons. The topological polar surface area (TPSA) is 43.8 Å². The van der Waals surface area contributed by atoms with Gasteiger partial charge in [-0.2, -0.15) is 9.89 Å². The van der Waals surface area contributed by atoms with Crippen LogP contribution in [0.4, 0.5) is 0 Å². The van der Waals surface area contributed by atoms with Crippen molar-refractivity contribution in [1.82, 2.24) is 9.89 Å². The molecular formula is C8H15Cl2N3. The minimum absolute atomic E-state index is 0. The number of hydrogen-bond donors (Lipinski definition) is 1. The standard InChI is InChI=1S/C7H9N3.CH4.2ClH/c8-10-3-5-1-4-2-6(4)7(5)9-10;;;/h3-4,6H,1-2,8H2;1H4;2*1H. The fraction of sp³-hybridized carbons (Fsp3) is 0.625. The number of aromatic nitrogens is 2. The molecule has 0 amide bonds. The molecule has 1 heterocycles. The summed E-state index contributed by atoms with van der Waals surface area (Å²) in [5.74, 6) is 7.18. The number of rotatable bonds is 0. The second-order valence-electron chi connectivity index (χ2n) is 3.33. The highest BCUT2D eigenvalue weighted by Crippen LogP contribution is 2.55. The lowest BCUT2D eigenvalue weighted by Gasteiger charge is -1.86. The van der Waals surface area contributed by atoms with Crippen LogP contribution >= 0.6 is 24.8 Å². The van der Waals surface area contributed by atoms with Gasteiger partial charge in [0.25, 0.3) is 0 Å². The van der Waals surface area contributed by atoms with Crippen molar-refractivity contribution in [2.45, 2.75) is 26.2 Å². The zero-order valence-electron chi connectivity index (χ0n) is 6.43. The fourth-order valence-corrected chi connectivity index (χ4v) is 2.00.